The Balaban J connectivity index is 1.74. The Kier molecular flexibility index (Phi) is 7.65. The van der Waals surface area contributed by atoms with Gasteiger partial charge in [0.2, 0.25) is 0 Å². The van der Waals surface area contributed by atoms with Gasteiger partial charge in [-0.15, -0.1) is 0 Å². The minimum Gasteiger partial charge on any atom is -0.493 e. The zero-order valence-electron chi connectivity index (χ0n) is 22.6. The van der Waals surface area contributed by atoms with Gasteiger partial charge in [-0.05, 0) is 42.5 Å². The molecule has 3 heterocycles. The first-order valence-electron chi connectivity index (χ1n) is 13.5. The fourth-order valence-corrected chi connectivity index (χ4v) is 5.70. The summed E-state index contributed by atoms with van der Waals surface area (Å²) >= 11 is 6.77. The number of carbonyl (C=O) groups is 1. The van der Waals surface area contributed by atoms with Crippen molar-refractivity contribution in [1.82, 2.24) is 19.7 Å². The maximum absolute atomic E-state index is 13.0. The minimum atomic E-state index is -0.273. The fraction of sp³-hybridized carbons (Fsp3) is 0.400. The van der Waals surface area contributed by atoms with E-state index in [1.54, 1.807) is 12.0 Å². The van der Waals surface area contributed by atoms with Crippen LogP contribution in [0.25, 0.3) is 27.8 Å². The normalized spacial score (nSPS) is 13.1. The number of hydrogen-bond donors (Lipinski definition) is 1. The lowest BCUT2D eigenvalue weighted by Crippen LogP contribution is -2.36. The quantitative estimate of drug-likeness (QED) is 0.245. The molecular formula is C30H35ClN4O3. The molecule has 0 saturated heterocycles. The monoisotopic (exact) mass is 534 g/mol. The molecule has 0 fully saturated rings. The van der Waals surface area contributed by atoms with Crippen molar-refractivity contribution >= 4 is 28.6 Å². The van der Waals surface area contributed by atoms with E-state index in [-0.39, 0.29) is 6.09 Å². The van der Waals surface area contributed by atoms with Crippen molar-refractivity contribution in [1.29, 1.82) is 0 Å². The molecular weight excluding hydrogens is 500 g/mol. The van der Waals surface area contributed by atoms with Crippen molar-refractivity contribution in [3.05, 3.63) is 63.9 Å². The van der Waals surface area contributed by atoms with Crippen LogP contribution in [-0.2, 0) is 30.5 Å². The third-order valence-corrected chi connectivity index (χ3v) is 7.68. The van der Waals surface area contributed by atoms with E-state index in [4.69, 9.17) is 26.2 Å². The highest BCUT2D eigenvalue weighted by Crippen LogP contribution is 2.43. The number of rotatable bonds is 8. The van der Waals surface area contributed by atoms with Gasteiger partial charge in [0.25, 0.3) is 0 Å². The van der Waals surface area contributed by atoms with E-state index in [2.05, 4.69) is 48.6 Å². The molecule has 1 amide bonds. The van der Waals surface area contributed by atoms with Crippen LogP contribution in [0, 0.1) is 0 Å². The number of halogens is 1. The number of fused-ring (bicyclic) bond motifs is 2. The number of nitrogens with one attached hydrogen (secondary N) is 1. The maximum atomic E-state index is 13.0. The highest BCUT2D eigenvalue weighted by atomic mass is 35.5. The van der Waals surface area contributed by atoms with Gasteiger partial charge >= 0.3 is 6.09 Å². The Hall–Kier alpha value is -3.45. The Morgan fingerprint density at radius 2 is 1.92 bits per heavy atom. The molecule has 0 saturated carbocycles. The SMILES string of the molecule is CCCCOC(=O)N1CCc2nn(-c3c(CC)cccc3CC)c(-c3cc(Cl)c(OC)c4[nH]ccc34)c2C1. The van der Waals surface area contributed by atoms with Crippen LogP contribution in [0.5, 0.6) is 5.75 Å². The fourth-order valence-electron chi connectivity index (χ4n) is 5.42. The van der Waals surface area contributed by atoms with Crippen molar-refractivity contribution in [2.24, 2.45) is 0 Å². The number of amides is 1. The average Bonchev–Trinajstić information content (AvgIpc) is 3.57. The van der Waals surface area contributed by atoms with Gasteiger partial charge in [-0.3, -0.25) is 0 Å². The van der Waals surface area contributed by atoms with Crippen LogP contribution < -0.4 is 4.74 Å². The summed E-state index contributed by atoms with van der Waals surface area (Å²) < 4.78 is 13.3. The first-order valence-corrected chi connectivity index (χ1v) is 13.9. The van der Waals surface area contributed by atoms with Gasteiger partial charge in [0, 0.05) is 35.7 Å². The van der Waals surface area contributed by atoms with Crippen molar-refractivity contribution in [2.75, 3.05) is 20.3 Å². The number of carbonyl (C=O) groups excluding carboxylic acids is 1. The van der Waals surface area contributed by atoms with Gasteiger partial charge < -0.3 is 19.4 Å². The predicted octanol–water partition coefficient (Wildman–Crippen LogP) is 7.10. The molecule has 1 aliphatic rings. The third kappa shape index (κ3) is 4.53. The summed E-state index contributed by atoms with van der Waals surface area (Å²) in [6, 6.07) is 10.5. The van der Waals surface area contributed by atoms with Crippen LogP contribution in [-0.4, -0.2) is 46.0 Å². The Labute approximate surface area is 228 Å². The number of para-hydroxylation sites is 1. The molecule has 5 rings (SSSR count). The predicted molar refractivity (Wildman–Crippen MR) is 152 cm³/mol. The average molecular weight is 535 g/mol. The number of aryl methyl sites for hydroxylation is 2. The highest BCUT2D eigenvalue weighted by Gasteiger charge is 2.31. The lowest BCUT2D eigenvalue weighted by atomic mass is 9.97. The molecule has 8 heteroatoms. The van der Waals surface area contributed by atoms with Crippen molar-refractivity contribution in [3.63, 3.8) is 0 Å². The van der Waals surface area contributed by atoms with Crippen LogP contribution in [0.3, 0.4) is 0 Å². The van der Waals surface area contributed by atoms with Crippen LogP contribution >= 0.6 is 11.6 Å². The molecule has 200 valence electrons. The van der Waals surface area contributed by atoms with Crippen LogP contribution in [0.1, 0.15) is 56.0 Å². The van der Waals surface area contributed by atoms with Crippen LogP contribution in [0.4, 0.5) is 4.79 Å². The van der Waals surface area contributed by atoms with E-state index in [9.17, 15) is 4.79 Å². The zero-order chi connectivity index (χ0) is 26.8. The maximum Gasteiger partial charge on any atom is 0.410 e. The zero-order valence-corrected chi connectivity index (χ0v) is 23.3. The summed E-state index contributed by atoms with van der Waals surface area (Å²) in [5, 5.41) is 6.71. The molecule has 4 aromatic rings. The smallest absolute Gasteiger partial charge is 0.410 e. The molecule has 0 spiro atoms. The molecule has 38 heavy (non-hydrogen) atoms. The highest BCUT2D eigenvalue weighted by molar-refractivity contribution is 6.34. The lowest BCUT2D eigenvalue weighted by Gasteiger charge is -2.26. The first-order chi connectivity index (χ1) is 18.5. The number of nitrogens with zero attached hydrogens (tertiary/aromatic N) is 3. The molecule has 2 aromatic carbocycles. The van der Waals surface area contributed by atoms with Crippen molar-refractivity contribution in [3.8, 4) is 22.7 Å². The molecule has 0 unspecified atom stereocenters. The second-order valence-corrected chi connectivity index (χ2v) is 10.1. The number of unbranched alkanes of at least 4 members (excludes halogenated alkanes) is 1. The summed E-state index contributed by atoms with van der Waals surface area (Å²) in [6.07, 6.45) is 5.89. The van der Waals surface area contributed by atoms with Crippen molar-refractivity contribution in [2.45, 2.75) is 59.4 Å². The Bertz CT molecular complexity index is 1450. The molecule has 0 radical (unpaired) electrons. The Morgan fingerprint density at radius 3 is 2.61 bits per heavy atom. The van der Waals surface area contributed by atoms with E-state index in [0.717, 1.165) is 64.8 Å². The molecule has 1 aliphatic heterocycles. The number of H-pyrrole nitrogens is 1. The standard InChI is InChI=1S/C30H35ClN4O3/c1-5-8-16-38-30(36)34-15-13-25-23(18-34)28(22-17-24(31)29(37-4)26-21(22)12-14-32-26)35(33-25)27-19(6-2)10-9-11-20(27)7-3/h9-12,14,17,32H,5-8,13,15-16,18H2,1-4H3. The van der Waals surface area contributed by atoms with Gasteiger partial charge in [0.05, 0.1) is 47.9 Å². The molecule has 0 bridgehead atoms. The van der Waals surface area contributed by atoms with Gasteiger partial charge in [-0.1, -0.05) is 57.0 Å². The number of benzene rings is 2. The third-order valence-electron chi connectivity index (χ3n) is 7.40. The van der Waals surface area contributed by atoms with Crippen LogP contribution in [0.2, 0.25) is 5.02 Å². The van der Waals surface area contributed by atoms with Gasteiger partial charge in [0.1, 0.15) is 0 Å². The summed E-state index contributed by atoms with van der Waals surface area (Å²) in [5.41, 5.74) is 8.34. The van der Waals surface area contributed by atoms with E-state index >= 15 is 0 Å². The van der Waals surface area contributed by atoms with E-state index in [1.165, 1.54) is 11.1 Å². The summed E-state index contributed by atoms with van der Waals surface area (Å²) in [6.45, 7) is 7.87. The molecule has 0 atom stereocenters. The lowest BCUT2D eigenvalue weighted by molar-refractivity contribution is 0.0966. The van der Waals surface area contributed by atoms with Gasteiger partial charge in [-0.2, -0.15) is 5.10 Å². The topological polar surface area (TPSA) is 72.4 Å². The second-order valence-electron chi connectivity index (χ2n) is 9.66. The Morgan fingerprint density at radius 1 is 1.16 bits per heavy atom. The van der Waals surface area contributed by atoms with Crippen LogP contribution in [0.15, 0.2) is 36.5 Å². The largest absolute Gasteiger partial charge is 0.493 e. The van der Waals surface area contributed by atoms with E-state index in [0.29, 0.717) is 36.9 Å². The minimum absolute atomic E-state index is 0.273. The van der Waals surface area contributed by atoms with E-state index in [1.807, 2.05) is 18.3 Å². The van der Waals surface area contributed by atoms with Gasteiger partial charge in [0.15, 0.2) is 5.75 Å². The number of hydrogen-bond acceptors (Lipinski definition) is 4. The van der Waals surface area contributed by atoms with Gasteiger partial charge in [-0.25, -0.2) is 9.48 Å². The second kappa shape index (κ2) is 11.1. The first kappa shape index (κ1) is 26.2. The molecule has 0 aliphatic carbocycles. The summed E-state index contributed by atoms with van der Waals surface area (Å²) in [5.74, 6) is 0.611. The summed E-state index contributed by atoms with van der Waals surface area (Å²) in [4.78, 5) is 18.0. The summed E-state index contributed by atoms with van der Waals surface area (Å²) in [7, 11) is 1.63. The number of ether oxygens (including phenoxy) is 2. The number of methoxy groups -OCH3 is 1. The number of aromatic amines is 1. The molecule has 2 aromatic heterocycles. The molecule has 7 nitrogen and oxygen atoms in total. The number of aromatic nitrogens is 3. The van der Waals surface area contributed by atoms with E-state index < -0.39 is 0 Å². The van der Waals surface area contributed by atoms with Crippen molar-refractivity contribution < 1.29 is 14.3 Å². The molecule has 1 N–H and O–H groups in total.